The molecule has 5 nitrogen and oxygen atoms in total. The first kappa shape index (κ1) is 20.4. The normalized spacial score (nSPS) is 10.6. The molecule has 0 radical (unpaired) electrons. The maximum atomic E-state index is 12.3. The molecular formula is C22H27NO4. The fraction of sp³-hybridized carbons (Fsp3) is 0.318. The van der Waals surface area contributed by atoms with Crippen molar-refractivity contribution in [1.29, 1.82) is 0 Å². The smallest absolute Gasteiger partial charge is 0.248 e. The summed E-state index contributed by atoms with van der Waals surface area (Å²) in [5.74, 6) is 1.78. The molecule has 0 fully saturated rings. The number of para-hydroxylation sites is 2. The summed E-state index contributed by atoms with van der Waals surface area (Å²) in [5, 5.41) is 2.85. The van der Waals surface area contributed by atoms with E-state index in [2.05, 4.69) is 5.32 Å². The second-order valence-electron chi connectivity index (χ2n) is 5.93. The van der Waals surface area contributed by atoms with Crippen molar-refractivity contribution in [3.05, 3.63) is 54.1 Å². The van der Waals surface area contributed by atoms with Crippen LogP contribution in [0.3, 0.4) is 0 Å². The second kappa shape index (κ2) is 10.9. The molecule has 0 saturated carbocycles. The van der Waals surface area contributed by atoms with Gasteiger partial charge in [-0.25, -0.2) is 0 Å². The molecule has 0 saturated heterocycles. The standard InChI is InChI=1S/C22H27NO4/c1-4-14-26-19-9-7-6-8-18(19)23-22(24)13-11-17-10-12-20(27-15-5-2)21(16-17)25-3/h6-13,16H,4-5,14-15H2,1-3H3,(H,23,24)/b13-11+. The molecule has 1 amide bonds. The summed E-state index contributed by atoms with van der Waals surface area (Å²) in [4.78, 5) is 12.3. The molecule has 1 N–H and O–H groups in total. The SMILES string of the molecule is CCCOc1ccccc1NC(=O)/C=C/c1ccc(OCCC)c(OC)c1. The number of anilines is 1. The average Bonchev–Trinajstić information content (AvgIpc) is 2.70. The van der Waals surface area contributed by atoms with E-state index in [0.717, 1.165) is 18.4 Å². The van der Waals surface area contributed by atoms with Crippen LogP contribution in [0.1, 0.15) is 32.3 Å². The Morgan fingerprint density at radius 2 is 1.67 bits per heavy atom. The zero-order valence-corrected chi connectivity index (χ0v) is 16.2. The van der Waals surface area contributed by atoms with Crippen molar-refractivity contribution in [3.8, 4) is 17.2 Å². The van der Waals surface area contributed by atoms with Gasteiger partial charge in [-0.3, -0.25) is 4.79 Å². The Balaban J connectivity index is 2.04. The Morgan fingerprint density at radius 1 is 0.963 bits per heavy atom. The number of benzene rings is 2. The van der Waals surface area contributed by atoms with E-state index in [-0.39, 0.29) is 5.91 Å². The number of amides is 1. The zero-order valence-electron chi connectivity index (χ0n) is 16.2. The van der Waals surface area contributed by atoms with Gasteiger partial charge in [-0.15, -0.1) is 0 Å². The average molecular weight is 369 g/mol. The van der Waals surface area contributed by atoms with Crippen LogP contribution in [0.2, 0.25) is 0 Å². The molecule has 0 aromatic heterocycles. The third-order valence-corrected chi connectivity index (χ3v) is 3.68. The molecule has 0 aliphatic carbocycles. The highest BCUT2D eigenvalue weighted by Gasteiger charge is 2.07. The molecule has 2 aromatic carbocycles. The van der Waals surface area contributed by atoms with Gasteiger partial charge in [-0.1, -0.05) is 32.0 Å². The maximum Gasteiger partial charge on any atom is 0.248 e. The number of rotatable bonds is 10. The highest BCUT2D eigenvalue weighted by atomic mass is 16.5. The molecular weight excluding hydrogens is 342 g/mol. The Labute approximate surface area is 161 Å². The molecule has 2 aromatic rings. The predicted octanol–water partition coefficient (Wildman–Crippen LogP) is 4.92. The number of methoxy groups -OCH3 is 1. The molecule has 0 atom stereocenters. The van der Waals surface area contributed by atoms with Gasteiger partial charge in [0.05, 0.1) is 26.0 Å². The van der Waals surface area contributed by atoms with E-state index in [1.165, 1.54) is 6.08 Å². The highest BCUT2D eigenvalue weighted by Crippen LogP contribution is 2.29. The molecule has 144 valence electrons. The number of carbonyl (C=O) groups is 1. The molecule has 0 heterocycles. The molecule has 2 rings (SSSR count). The zero-order chi connectivity index (χ0) is 19.5. The van der Waals surface area contributed by atoms with Gasteiger partial charge >= 0.3 is 0 Å². The van der Waals surface area contributed by atoms with Crippen LogP contribution in [0.15, 0.2) is 48.5 Å². The van der Waals surface area contributed by atoms with Gasteiger partial charge in [-0.05, 0) is 48.7 Å². The van der Waals surface area contributed by atoms with Crippen molar-refractivity contribution in [1.82, 2.24) is 0 Å². The lowest BCUT2D eigenvalue weighted by Crippen LogP contribution is -2.09. The van der Waals surface area contributed by atoms with E-state index in [4.69, 9.17) is 14.2 Å². The number of hydrogen-bond acceptors (Lipinski definition) is 4. The van der Waals surface area contributed by atoms with Crippen LogP contribution in [0, 0.1) is 0 Å². The Kier molecular flexibility index (Phi) is 8.23. The topological polar surface area (TPSA) is 56.8 Å². The van der Waals surface area contributed by atoms with Crippen LogP contribution in [0.25, 0.3) is 6.08 Å². The summed E-state index contributed by atoms with van der Waals surface area (Å²) in [6.07, 6.45) is 5.05. The van der Waals surface area contributed by atoms with E-state index in [0.29, 0.717) is 36.1 Å². The first-order chi connectivity index (χ1) is 13.2. The van der Waals surface area contributed by atoms with E-state index in [1.807, 2.05) is 56.3 Å². The molecule has 0 bridgehead atoms. The van der Waals surface area contributed by atoms with Gasteiger partial charge in [0.25, 0.3) is 0 Å². The summed E-state index contributed by atoms with van der Waals surface area (Å²) in [6, 6.07) is 13.0. The van der Waals surface area contributed by atoms with E-state index in [1.54, 1.807) is 13.2 Å². The fourth-order valence-electron chi connectivity index (χ4n) is 2.37. The Bertz CT molecular complexity index is 771. The van der Waals surface area contributed by atoms with Crippen molar-refractivity contribution in [2.45, 2.75) is 26.7 Å². The summed E-state index contributed by atoms with van der Waals surface area (Å²) >= 11 is 0. The molecule has 0 spiro atoms. The summed E-state index contributed by atoms with van der Waals surface area (Å²) in [7, 11) is 1.60. The predicted molar refractivity (Wildman–Crippen MR) is 109 cm³/mol. The van der Waals surface area contributed by atoms with E-state index in [9.17, 15) is 4.79 Å². The third-order valence-electron chi connectivity index (χ3n) is 3.68. The highest BCUT2D eigenvalue weighted by molar-refractivity contribution is 6.02. The summed E-state index contributed by atoms with van der Waals surface area (Å²) < 4.78 is 16.7. The number of ether oxygens (including phenoxy) is 3. The van der Waals surface area contributed by atoms with Crippen molar-refractivity contribution < 1.29 is 19.0 Å². The van der Waals surface area contributed by atoms with Crippen molar-refractivity contribution in [3.63, 3.8) is 0 Å². The van der Waals surface area contributed by atoms with Crippen molar-refractivity contribution >= 4 is 17.7 Å². The van der Waals surface area contributed by atoms with Crippen molar-refractivity contribution in [2.24, 2.45) is 0 Å². The number of carbonyl (C=O) groups excluding carboxylic acids is 1. The van der Waals surface area contributed by atoms with Crippen LogP contribution in [-0.4, -0.2) is 26.2 Å². The summed E-state index contributed by atoms with van der Waals surface area (Å²) in [6.45, 7) is 5.33. The molecule has 0 aliphatic rings. The molecule has 27 heavy (non-hydrogen) atoms. The van der Waals surface area contributed by atoms with Gasteiger partial charge in [0.15, 0.2) is 11.5 Å². The van der Waals surface area contributed by atoms with Gasteiger partial charge < -0.3 is 19.5 Å². The quantitative estimate of drug-likeness (QED) is 0.604. The van der Waals surface area contributed by atoms with Crippen LogP contribution in [0.5, 0.6) is 17.2 Å². The summed E-state index contributed by atoms with van der Waals surface area (Å²) in [5.41, 5.74) is 1.50. The molecule has 0 unspecified atom stereocenters. The molecule has 5 heteroatoms. The van der Waals surface area contributed by atoms with Gasteiger partial charge in [0.2, 0.25) is 5.91 Å². The minimum absolute atomic E-state index is 0.229. The third kappa shape index (κ3) is 6.37. The lowest BCUT2D eigenvalue weighted by molar-refractivity contribution is -0.111. The lowest BCUT2D eigenvalue weighted by Gasteiger charge is -2.11. The number of nitrogens with one attached hydrogen (secondary N) is 1. The van der Waals surface area contributed by atoms with Gasteiger partial charge in [0, 0.05) is 6.08 Å². The van der Waals surface area contributed by atoms with Crippen LogP contribution >= 0.6 is 0 Å². The maximum absolute atomic E-state index is 12.3. The van der Waals surface area contributed by atoms with Gasteiger partial charge in [-0.2, -0.15) is 0 Å². The van der Waals surface area contributed by atoms with Crippen molar-refractivity contribution in [2.75, 3.05) is 25.6 Å². The first-order valence-electron chi connectivity index (χ1n) is 9.19. The van der Waals surface area contributed by atoms with Gasteiger partial charge in [0.1, 0.15) is 5.75 Å². The first-order valence-corrected chi connectivity index (χ1v) is 9.19. The minimum Gasteiger partial charge on any atom is -0.493 e. The Hall–Kier alpha value is -2.95. The molecule has 0 aliphatic heterocycles. The van der Waals surface area contributed by atoms with E-state index >= 15 is 0 Å². The van der Waals surface area contributed by atoms with Crippen LogP contribution in [0.4, 0.5) is 5.69 Å². The monoisotopic (exact) mass is 369 g/mol. The lowest BCUT2D eigenvalue weighted by atomic mass is 10.2. The Morgan fingerprint density at radius 3 is 2.37 bits per heavy atom. The number of hydrogen-bond donors (Lipinski definition) is 1. The van der Waals surface area contributed by atoms with Crippen LogP contribution < -0.4 is 19.5 Å². The van der Waals surface area contributed by atoms with Crippen LogP contribution in [-0.2, 0) is 4.79 Å². The fourth-order valence-corrected chi connectivity index (χ4v) is 2.37. The minimum atomic E-state index is -0.229. The van der Waals surface area contributed by atoms with E-state index < -0.39 is 0 Å². The largest absolute Gasteiger partial charge is 0.493 e. The second-order valence-corrected chi connectivity index (χ2v) is 5.93.